The Labute approximate surface area is 152 Å². The summed E-state index contributed by atoms with van der Waals surface area (Å²) in [4.78, 5) is 25.6. The molecular weight excluding hydrogens is 365 g/mol. The van der Waals surface area contributed by atoms with Crippen molar-refractivity contribution in [3.63, 3.8) is 0 Å². The zero-order valence-corrected chi connectivity index (χ0v) is 14.5. The molecule has 1 aliphatic carbocycles. The van der Waals surface area contributed by atoms with Gasteiger partial charge in [0.05, 0.1) is 21.6 Å². The number of aromatic nitrogens is 1. The molecule has 1 aromatic heterocycles. The van der Waals surface area contributed by atoms with Gasteiger partial charge in [0.2, 0.25) is 5.43 Å². The molecule has 0 radical (unpaired) electrons. The average Bonchev–Trinajstić information content (AvgIpc) is 3.34. The number of hydrogen-bond acceptors (Lipinski definition) is 5. The monoisotopic (exact) mass is 381 g/mol. The van der Waals surface area contributed by atoms with Crippen molar-refractivity contribution in [2.75, 3.05) is 18.0 Å². The summed E-state index contributed by atoms with van der Waals surface area (Å²) in [5.41, 5.74) is 4.58. The first kappa shape index (κ1) is 17.1. The molecule has 2 aliphatic rings. The Morgan fingerprint density at radius 2 is 2.04 bits per heavy atom. The maximum atomic E-state index is 14.9. The van der Waals surface area contributed by atoms with Gasteiger partial charge in [0.15, 0.2) is 11.6 Å². The van der Waals surface area contributed by atoms with Crippen molar-refractivity contribution < 1.29 is 19.4 Å². The van der Waals surface area contributed by atoms with Crippen LogP contribution in [0, 0.1) is 5.82 Å². The highest BCUT2D eigenvalue weighted by molar-refractivity contribution is 6.38. The normalized spacial score (nSPS) is 20.1. The molecule has 0 spiro atoms. The fraction of sp³-hybridized carbons (Fsp3) is 0.412. The summed E-state index contributed by atoms with van der Waals surface area (Å²) in [5, 5.41) is 19.3. The Hall–Kier alpha value is -2.32. The molecule has 1 atom stereocenters. The number of carboxylic acid groups (broad SMARTS) is 1. The minimum absolute atomic E-state index is 0.00138. The molecule has 26 heavy (non-hydrogen) atoms. The molecule has 2 aromatic rings. The second-order valence-corrected chi connectivity index (χ2v) is 7.24. The number of nitrogens with zero attached hydrogens (tertiary/aromatic N) is 2. The second kappa shape index (κ2) is 5.85. The summed E-state index contributed by atoms with van der Waals surface area (Å²) in [6.07, 6.45) is 3.46. The number of carboxylic acids is 1. The Morgan fingerprint density at radius 3 is 2.58 bits per heavy atom. The van der Waals surface area contributed by atoms with Gasteiger partial charge in [0.1, 0.15) is 5.56 Å². The van der Waals surface area contributed by atoms with Gasteiger partial charge >= 0.3 is 5.97 Å². The quantitative estimate of drug-likeness (QED) is 0.751. The van der Waals surface area contributed by atoms with Gasteiger partial charge in [-0.15, -0.1) is 0 Å². The molecule has 2 fully saturated rings. The SMILES string of the molecule is NC1CCN(c2c(F)c(O)c3c(=O)c(C(=O)O)cn(C4CC4)c3c2Cl)C1. The summed E-state index contributed by atoms with van der Waals surface area (Å²) in [6.45, 7) is 0.853. The van der Waals surface area contributed by atoms with Crippen LogP contribution in [0.1, 0.15) is 35.7 Å². The molecule has 1 saturated carbocycles. The topological polar surface area (TPSA) is 109 Å². The minimum atomic E-state index is -1.43. The number of pyridine rings is 1. The van der Waals surface area contributed by atoms with Crippen LogP contribution in [-0.2, 0) is 0 Å². The van der Waals surface area contributed by atoms with Gasteiger partial charge in [-0.05, 0) is 19.3 Å². The standard InChI is InChI=1S/C17H17ClFN3O4/c18-11-13-10(15(23)9(17(25)26)6-22(13)8-1-2-8)16(24)12(19)14(11)21-4-3-7(20)5-21/h6-8,24H,1-5,20H2,(H,25,26). The number of aromatic carboxylic acids is 1. The lowest BCUT2D eigenvalue weighted by molar-refractivity contribution is 0.0695. The highest BCUT2D eigenvalue weighted by Gasteiger charge is 2.34. The van der Waals surface area contributed by atoms with E-state index in [0.717, 1.165) is 12.8 Å². The number of aromatic hydroxyl groups is 1. The van der Waals surface area contributed by atoms with E-state index in [1.54, 1.807) is 9.47 Å². The first-order valence-corrected chi connectivity index (χ1v) is 8.71. The molecule has 2 heterocycles. The summed E-state index contributed by atoms with van der Waals surface area (Å²) >= 11 is 6.49. The summed E-state index contributed by atoms with van der Waals surface area (Å²) in [5.74, 6) is -3.34. The average molecular weight is 382 g/mol. The molecule has 1 saturated heterocycles. The van der Waals surface area contributed by atoms with E-state index in [2.05, 4.69) is 0 Å². The number of hydrogen-bond donors (Lipinski definition) is 3. The highest BCUT2D eigenvalue weighted by Crippen LogP contribution is 2.45. The molecule has 1 aromatic carbocycles. The van der Waals surface area contributed by atoms with Crippen LogP contribution in [0.2, 0.25) is 5.02 Å². The van der Waals surface area contributed by atoms with Crippen molar-refractivity contribution in [1.29, 1.82) is 0 Å². The Morgan fingerprint density at radius 1 is 1.35 bits per heavy atom. The molecule has 7 nitrogen and oxygen atoms in total. The first-order valence-electron chi connectivity index (χ1n) is 8.33. The number of rotatable bonds is 3. The third-order valence-corrected chi connectivity index (χ3v) is 5.37. The van der Waals surface area contributed by atoms with E-state index < -0.39 is 33.9 Å². The fourth-order valence-corrected chi connectivity index (χ4v) is 3.96. The zero-order chi connectivity index (χ0) is 18.7. The number of benzene rings is 1. The number of nitrogens with two attached hydrogens (primary N) is 1. The van der Waals surface area contributed by atoms with Crippen molar-refractivity contribution in [2.45, 2.75) is 31.3 Å². The molecule has 9 heteroatoms. The maximum Gasteiger partial charge on any atom is 0.341 e. The largest absolute Gasteiger partial charge is 0.504 e. The first-order chi connectivity index (χ1) is 12.3. The smallest absolute Gasteiger partial charge is 0.341 e. The van der Waals surface area contributed by atoms with Crippen LogP contribution in [0.15, 0.2) is 11.0 Å². The Kier molecular flexibility index (Phi) is 3.85. The summed E-state index contributed by atoms with van der Waals surface area (Å²) < 4.78 is 16.5. The van der Waals surface area contributed by atoms with Crippen molar-refractivity contribution in [2.24, 2.45) is 5.73 Å². The third-order valence-electron chi connectivity index (χ3n) is 5.01. The van der Waals surface area contributed by atoms with E-state index in [0.29, 0.717) is 19.5 Å². The van der Waals surface area contributed by atoms with Crippen molar-refractivity contribution in [3.8, 4) is 5.75 Å². The van der Waals surface area contributed by atoms with Crippen molar-refractivity contribution in [1.82, 2.24) is 4.57 Å². The molecule has 4 N–H and O–H groups in total. The van der Waals surface area contributed by atoms with Gasteiger partial charge in [0.25, 0.3) is 0 Å². The summed E-state index contributed by atoms with van der Waals surface area (Å²) in [7, 11) is 0. The van der Waals surface area contributed by atoms with Gasteiger partial charge in [-0.2, -0.15) is 0 Å². The maximum absolute atomic E-state index is 14.9. The van der Waals surface area contributed by atoms with Gasteiger partial charge in [-0.3, -0.25) is 4.79 Å². The molecule has 0 bridgehead atoms. The van der Waals surface area contributed by atoms with Gasteiger partial charge in [-0.25, -0.2) is 9.18 Å². The lowest BCUT2D eigenvalue weighted by Gasteiger charge is -2.23. The number of fused-ring (bicyclic) bond motifs is 1. The lowest BCUT2D eigenvalue weighted by Crippen LogP contribution is -2.27. The number of anilines is 1. The van der Waals surface area contributed by atoms with Gasteiger partial charge < -0.3 is 25.4 Å². The molecule has 0 amide bonds. The van der Waals surface area contributed by atoms with E-state index in [9.17, 15) is 24.2 Å². The van der Waals surface area contributed by atoms with Gasteiger partial charge in [0, 0.05) is 31.4 Å². The minimum Gasteiger partial charge on any atom is -0.504 e. The van der Waals surface area contributed by atoms with Crippen LogP contribution < -0.4 is 16.1 Å². The Balaban J connectivity index is 2.09. The summed E-state index contributed by atoms with van der Waals surface area (Å²) in [6, 6.07) is -0.171. The number of carbonyl (C=O) groups is 1. The molecule has 138 valence electrons. The molecule has 1 aliphatic heterocycles. The van der Waals surface area contributed by atoms with Crippen molar-refractivity contribution in [3.05, 3.63) is 32.8 Å². The number of phenolic OH excluding ortho intramolecular Hbond substituents is 1. The van der Waals surface area contributed by atoms with Crippen LogP contribution >= 0.6 is 11.6 Å². The predicted octanol–water partition coefficient (Wildman–Crippen LogP) is 2.07. The van der Waals surface area contributed by atoms with E-state index in [-0.39, 0.29) is 28.3 Å². The van der Waals surface area contributed by atoms with Crippen LogP contribution in [0.5, 0.6) is 5.75 Å². The molecular formula is C17H17ClFN3O4. The Bertz CT molecular complexity index is 1000. The van der Waals surface area contributed by atoms with E-state index in [4.69, 9.17) is 17.3 Å². The van der Waals surface area contributed by atoms with E-state index in [1.165, 1.54) is 6.20 Å². The van der Waals surface area contributed by atoms with Crippen LogP contribution in [-0.4, -0.2) is 39.9 Å². The highest BCUT2D eigenvalue weighted by atomic mass is 35.5. The second-order valence-electron chi connectivity index (χ2n) is 6.86. The zero-order valence-electron chi connectivity index (χ0n) is 13.7. The fourth-order valence-electron chi connectivity index (χ4n) is 3.57. The van der Waals surface area contributed by atoms with Crippen LogP contribution in [0.4, 0.5) is 10.1 Å². The van der Waals surface area contributed by atoms with E-state index in [1.807, 2.05) is 0 Å². The number of halogens is 2. The molecule has 1 unspecified atom stereocenters. The van der Waals surface area contributed by atoms with Crippen LogP contribution in [0.3, 0.4) is 0 Å². The number of phenols is 1. The third kappa shape index (κ3) is 2.44. The van der Waals surface area contributed by atoms with E-state index >= 15 is 0 Å². The lowest BCUT2D eigenvalue weighted by atomic mass is 10.1. The predicted molar refractivity (Wildman–Crippen MR) is 94.9 cm³/mol. The van der Waals surface area contributed by atoms with Crippen molar-refractivity contribution >= 4 is 34.2 Å². The van der Waals surface area contributed by atoms with Crippen LogP contribution in [0.25, 0.3) is 10.9 Å². The molecule has 4 rings (SSSR count). The van der Waals surface area contributed by atoms with Gasteiger partial charge in [-0.1, -0.05) is 11.6 Å².